The van der Waals surface area contributed by atoms with Crippen LogP contribution >= 0.6 is 0 Å². The van der Waals surface area contributed by atoms with Gasteiger partial charge in [-0.2, -0.15) is 0 Å². The van der Waals surface area contributed by atoms with Crippen LogP contribution in [-0.2, 0) is 0 Å². The number of rotatable bonds is 5. The molecule has 2 aliphatic carbocycles. The third-order valence-electron chi connectivity index (χ3n) is 12.9. The molecular formula is C53H40N2O. The molecule has 1 aliphatic heterocycles. The number of benzene rings is 7. The first kappa shape index (κ1) is 31.7. The molecule has 0 saturated heterocycles. The fourth-order valence-corrected chi connectivity index (χ4v) is 10.6. The fraction of sp³-hybridized carbons (Fsp3) is 0.132. The van der Waals surface area contributed by atoms with Crippen LogP contribution in [0.3, 0.4) is 0 Å². The highest BCUT2D eigenvalue weighted by Gasteiger charge is 2.44. The molecule has 1 fully saturated rings. The summed E-state index contributed by atoms with van der Waals surface area (Å²) >= 11 is 0. The lowest BCUT2D eigenvalue weighted by atomic mass is 9.77. The van der Waals surface area contributed by atoms with Crippen molar-refractivity contribution >= 4 is 55.0 Å². The molecule has 268 valence electrons. The molecule has 56 heavy (non-hydrogen) atoms. The van der Waals surface area contributed by atoms with Gasteiger partial charge in [-0.3, -0.25) is 0 Å². The van der Waals surface area contributed by atoms with Crippen LogP contribution in [0.2, 0.25) is 0 Å². The van der Waals surface area contributed by atoms with Gasteiger partial charge in [0.05, 0.1) is 17.1 Å². The van der Waals surface area contributed by atoms with Crippen molar-refractivity contribution in [3.63, 3.8) is 0 Å². The summed E-state index contributed by atoms with van der Waals surface area (Å²) in [6, 6.07) is 58.9. The van der Waals surface area contributed by atoms with Gasteiger partial charge in [0.2, 0.25) is 0 Å². The second-order valence-corrected chi connectivity index (χ2v) is 15.8. The van der Waals surface area contributed by atoms with Crippen LogP contribution in [-0.4, -0.2) is 16.7 Å². The molecule has 0 bridgehead atoms. The molecule has 0 spiro atoms. The molecule has 12 rings (SSSR count). The Bertz CT molecular complexity index is 3010. The van der Waals surface area contributed by atoms with Crippen molar-refractivity contribution in [2.24, 2.45) is 0 Å². The third-order valence-corrected chi connectivity index (χ3v) is 12.9. The van der Waals surface area contributed by atoms with E-state index in [2.05, 4.69) is 185 Å². The molecule has 9 aromatic rings. The molecule has 1 saturated carbocycles. The summed E-state index contributed by atoms with van der Waals surface area (Å²) in [5.41, 5.74) is 15.8. The summed E-state index contributed by atoms with van der Waals surface area (Å²) in [5.74, 6) is 0.244. The van der Waals surface area contributed by atoms with Crippen molar-refractivity contribution in [1.29, 1.82) is 0 Å². The van der Waals surface area contributed by atoms with Crippen molar-refractivity contribution in [3.05, 3.63) is 187 Å². The molecule has 2 unspecified atom stereocenters. The zero-order valence-corrected chi connectivity index (χ0v) is 31.1. The molecule has 2 atom stereocenters. The SMILES string of the molecule is C1=CC2C(C(c3cccc(-c4cccc5oc6ccccc6c45)c3-c3ccc(-n4c5ccccc5c5ccccc54)cc3)=C1)c1ccccc1N2C1CCCC1. The lowest BCUT2D eigenvalue weighted by molar-refractivity contribution is 0.563. The second-order valence-electron chi connectivity index (χ2n) is 15.8. The summed E-state index contributed by atoms with van der Waals surface area (Å²) < 4.78 is 8.87. The fourth-order valence-electron chi connectivity index (χ4n) is 10.6. The van der Waals surface area contributed by atoms with E-state index in [-0.39, 0.29) is 5.92 Å². The highest BCUT2D eigenvalue weighted by atomic mass is 16.3. The molecule has 7 aromatic carbocycles. The van der Waals surface area contributed by atoms with Crippen molar-refractivity contribution in [1.82, 2.24) is 4.57 Å². The van der Waals surface area contributed by atoms with Gasteiger partial charge in [0.15, 0.2) is 0 Å². The highest BCUT2D eigenvalue weighted by molar-refractivity contribution is 6.14. The second kappa shape index (κ2) is 12.5. The number of hydrogen-bond donors (Lipinski definition) is 0. The standard InChI is InChI=1S/C53H40N2O/c1-2-15-35(14-1)55-47-26-9-5-18-43(47)52-41(22-12-27-48(52)55)39-20-11-21-40(42-23-13-29-50-53(42)44-19-6-10-28-49(44)56-50)51(39)34-30-32-36(33-31-34)54-45-24-7-3-16-37(45)38-17-4-8-25-46(38)54/h3-13,16-33,35,48,52H,1-2,14-15H2. The van der Waals surface area contributed by atoms with E-state index in [9.17, 15) is 0 Å². The van der Waals surface area contributed by atoms with Gasteiger partial charge in [-0.25, -0.2) is 0 Å². The Morgan fingerprint density at radius 3 is 1.98 bits per heavy atom. The Balaban J connectivity index is 1.08. The molecule has 3 heterocycles. The van der Waals surface area contributed by atoms with Crippen molar-refractivity contribution in [2.45, 2.75) is 43.7 Å². The van der Waals surface area contributed by atoms with E-state index >= 15 is 0 Å². The first-order valence-corrected chi connectivity index (χ1v) is 20.2. The maximum absolute atomic E-state index is 6.46. The summed E-state index contributed by atoms with van der Waals surface area (Å²) in [6.45, 7) is 0. The molecule has 0 amide bonds. The monoisotopic (exact) mass is 720 g/mol. The zero-order valence-electron chi connectivity index (χ0n) is 31.1. The van der Waals surface area contributed by atoms with Crippen LogP contribution in [0.25, 0.3) is 77.3 Å². The minimum absolute atomic E-state index is 0.244. The number of anilines is 1. The molecular weight excluding hydrogens is 681 g/mol. The van der Waals surface area contributed by atoms with E-state index in [1.807, 2.05) is 0 Å². The van der Waals surface area contributed by atoms with E-state index in [0.717, 1.165) is 27.6 Å². The quantitative estimate of drug-likeness (QED) is 0.177. The van der Waals surface area contributed by atoms with E-state index in [0.29, 0.717) is 12.1 Å². The summed E-state index contributed by atoms with van der Waals surface area (Å²) in [4.78, 5) is 2.78. The summed E-state index contributed by atoms with van der Waals surface area (Å²) in [5, 5.41) is 4.86. The van der Waals surface area contributed by atoms with E-state index < -0.39 is 0 Å². The molecule has 3 aliphatic rings. The minimum atomic E-state index is 0.244. The van der Waals surface area contributed by atoms with E-state index in [4.69, 9.17) is 4.42 Å². The number of hydrogen-bond acceptors (Lipinski definition) is 2. The number of furan rings is 1. The number of aromatic nitrogens is 1. The van der Waals surface area contributed by atoms with Gasteiger partial charge in [0.1, 0.15) is 11.2 Å². The number of allylic oxidation sites excluding steroid dienone is 2. The van der Waals surface area contributed by atoms with Crippen LogP contribution in [0, 0.1) is 0 Å². The van der Waals surface area contributed by atoms with Gasteiger partial charge < -0.3 is 13.9 Å². The van der Waals surface area contributed by atoms with Crippen LogP contribution in [0.1, 0.15) is 42.7 Å². The van der Waals surface area contributed by atoms with Crippen LogP contribution in [0.4, 0.5) is 5.69 Å². The Hall–Kier alpha value is -6.58. The Labute approximate surface area is 326 Å². The Morgan fingerprint density at radius 1 is 0.536 bits per heavy atom. The average Bonchev–Trinajstić information content (AvgIpc) is 4.06. The molecule has 2 aromatic heterocycles. The van der Waals surface area contributed by atoms with Gasteiger partial charge in [0.25, 0.3) is 0 Å². The van der Waals surface area contributed by atoms with Gasteiger partial charge in [-0.15, -0.1) is 0 Å². The first-order valence-electron chi connectivity index (χ1n) is 20.2. The normalized spacial score (nSPS) is 18.0. The van der Waals surface area contributed by atoms with Gasteiger partial charge in [-0.05, 0) is 94.3 Å². The van der Waals surface area contributed by atoms with Gasteiger partial charge >= 0.3 is 0 Å². The van der Waals surface area contributed by atoms with Crippen molar-refractivity contribution < 1.29 is 4.42 Å². The topological polar surface area (TPSA) is 21.3 Å². The van der Waals surface area contributed by atoms with Crippen LogP contribution in [0.15, 0.2) is 180 Å². The lowest BCUT2D eigenvalue weighted by Gasteiger charge is -2.36. The summed E-state index contributed by atoms with van der Waals surface area (Å²) in [7, 11) is 0. The van der Waals surface area contributed by atoms with Crippen molar-refractivity contribution in [2.75, 3.05) is 4.90 Å². The van der Waals surface area contributed by atoms with Gasteiger partial charge in [-0.1, -0.05) is 146 Å². The first-order chi connectivity index (χ1) is 27.8. The largest absolute Gasteiger partial charge is 0.456 e. The maximum Gasteiger partial charge on any atom is 0.136 e. The lowest BCUT2D eigenvalue weighted by Crippen LogP contribution is -2.40. The van der Waals surface area contributed by atoms with Crippen LogP contribution in [0.5, 0.6) is 0 Å². The Kier molecular flexibility index (Phi) is 7.07. The van der Waals surface area contributed by atoms with Gasteiger partial charge in [0, 0.05) is 44.9 Å². The molecule has 0 N–H and O–H groups in total. The Morgan fingerprint density at radius 2 is 1.18 bits per heavy atom. The molecule has 3 heteroatoms. The highest BCUT2D eigenvalue weighted by Crippen LogP contribution is 2.54. The van der Waals surface area contributed by atoms with Crippen LogP contribution < -0.4 is 4.90 Å². The number of para-hydroxylation sites is 4. The average molecular weight is 721 g/mol. The summed E-state index contributed by atoms with van der Waals surface area (Å²) in [6.07, 6.45) is 12.4. The molecule has 0 radical (unpaired) electrons. The van der Waals surface area contributed by atoms with E-state index in [1.165, 1.54) is 92.1 Å². The maximum atomic E-state index is 6.46. The van der Waals surface area contributed by atoms with E-state index in [1.54, 1.807) is 0 Å². The smallest absolute Gasteiger partial charge is 0.136 e. The molecule has 3 nitrogen and oxygen atoms in total. The predicted octanol–water partition coefficient (Wildman–Crippen LogP) is 13.9. The van der Waals surface area contributed by atoms with Crippen molar-refractivity contribution in [3.8, 4) is 27.9 Å². The number of nitrogens with zero attached hydrogens (tertiary/aromatic N) is 2. The minimum Gasteiger partial charge on any atom is -0.456 e. The zero-order chi connectivity index (χ0) is 36.7. The predicted molar refractivity (Wildman–Crippen MR) is 234 cm³/mol. The number of fused-ring (bicyclic) bond motifs is 9. The third kappa shape index (κ3) is 4.64.